The van der Waals surface area contributed by atoms with E-state index in [1.165, 1.54) is 0 Å². The van der Waals surface area contributed by atoms with E-state index in [2.05, 4.69) is 17.2 Å². The van der Waals surface area contributed by atoms with Crippen LogP contribution < -0.4 is 10.1 Å². The highest BCUT2D eigenvalue weighted by molar-refractivity contribution is 5.16. The maximum atomic E-state index is 5.88. The van der Waals surface area contributed by atoms with Crippen LogP contribution in [0.25, 0.3) is 0 Å². The second-order valence-corrected chi connectivity index (χ2v) is 4.57. The van der Waals surface area contributed by atoms with Crippen molar-refractivity contribution < 1.29 is 9.47 Å². The molecule has 100 valence electrons. The fourth-order valence-corrected chi connectivity index (χ4v) is 1.98. The molecule has 1 aliphatic heterocycles. The highest BCUT2D eigenvalue weighted by Crippen LogP contribution is 2.16. The largest absolute Gasteiger partial charge is 0.474 e. The number of ether oxygens (including phenoxy) is 2. The molecule has 4 heteroatoms. The van der Waals surface area contributed by atoms with Crippen LogP contribution in [0.5, 0.6) is 5.88 Å². The lowest BCUT2D eigenvalue weighted by Gasteiger charge is -2.22. The third kappa shape index (κ3) is 4.27. The van der Waals surface area contributed by atoms with E-state index < -0.39 is 0 Å². The van der Waals surface area contributed by atoms with Gasteiger partial charge in [0.05, 0.1) is 18.9 Å². The molecule has 0 aliphatic carbocycles. The van der Waals surface area contributed by atoms with Crippen molar-refractivity contribution in [3.63, 3.8) is 0 Å². The molecule has 0 aromatic carbocycles. The van der Waals surface area contributed by atoms with E-state index in [0.29, 0.717) is 0 Å². The smallest absolute Gasteiger partial charge is 0.213 e. The summed E-state index contributed by atoms with van der Waals surface area (Å²) >= 11 is 0. The minimum Gasteiger partial charge on any atom is -0.474 e. The minimum atomic E-state index is 0.255. The van der Waals surface area contributed by atoms with Gasteiger partial charge in [0.2, 0.25) is 5.88 Å². The second-order valence-electron chi connectivity index (χ2n) is 4.57. The molecule has 18 heavy (non-hydrogen) atoms. The number of aromatic nitrogens is 1. The Bertz CT molecular complexity index is 351. The molecule has 1 aromatic heterocycles. The molecule has 1 aliphatic rings. The molecule has 1 aromatic rings. The predicted octanol–water partition coefficient (Wildman–Crippen LogP) is 2.14. The van der Waals surface area contributed by atoms with Gasteiger partial charge in [-0.15, -0.1) is 0 Å². The molecular formula is C14H22N2O2. The topological polar surface area (TPSA) is 43.4 Å². The Balaban J connectivity index is 1.85. The van der Waals surface area contributed by atoms with Crippen LogP contribution in [0, 0.1) is 0 Å². The molecular weight excluding hydrogens is 228 g/mol. The van der Waals surface area contributed by atoms with Crippen molar-refractivity contribution in [3.8, 4) is 5.88 Å². The molecule has 0 amide bonds. The van der Waals surface area contributed by atoms with Gasteiger partial charge < -0.3 is 14.8 Å². The number of nitrogens with zero attached hydrogens (tertiary/aromatic N) is 1. The zero-order valence-electron chi connectivity index (χ0n) is 11.0. The second kappa shape index (κ2) is 7.34. The van der Waals surface area contributed by atoms with Crippen molar-refractivity contribution in [2.75, 3.05) is 19.8 Å². The molecule has 2 heterocycles. The summed E-state index contributed by atoms with van der Waals surface area (Å²) < 4.78 is 11.2. The molecule has 0 unspecified atom stereocenters. The average Bonchev–Trinajstić information content (AvgIpc) is 2.41. The van der Waals surface area contributed by atoms with E-state index in [0.717, 1.165) is 57.1 Å². The fourth-order valence-electron chi connectivity index (χ4n) is 1.98. The maximum absolute atomic E-state index is 5.88. The Morgan fingerprint density at radius 2 is 2.22 bits per heavy atom. The van der Waals surface area contributed by atoms with Gasteiger partial charge in [0.1, 0.15) is 6.10 Å². The predicted molar refractivity (Wildman–Crippen MR) is 70.7 cm³/mol. The van der Waals surface area contributed by atoms with Gasteiger partial charge in [0, 0.05) is 25.5 Å². The first-order valence-corrected chi connectivity index (χ1v) is 6.79. The van der Waals surface area contributed by atoms with Gasteiger partial charge in [-0.2, -0.15) is 0 Å². The lowest BCUT2D eigenvalue weighted by atomic mass is 10.1. The van der Waals surface area contributed by atoms with Crippen molar-refractivity contribution in [1.29, 1.82) is 0 Å². The van der Waals surface area contributed by atoms with Crippen LogP contribution in [0.3, 0.4) is 0 Å². The summed E-state index contributed by atoms with van der Waals surface area (Å²) in [6.45, 7) is 5.57. The lowest BCUT2D eigenvalue weighted by molar-refractivity contribution is 0.0236. The maximum Gasteiger partial charge on any atom is 0.213 e. The van der Waals surface area contributed by atoms with E-state index in [1.807, 2.05) is 18.2 Å². The SMILES string of the molecule is CCCNCc1cccc(OC2CCOCC2)n1. The molecule has 1 fully saturated rings. The van der Waals surface area contributed by atoms with E-state index in [-0.39, 0.29) is 6.10 Å². The number of nitrogens with one attached hydrogen (secondary N) is 1. The molecule has 4 nitrogen and oxygen atoms in total. The van der Waals surface area contributed by atoms with Gasteiger partial charge in [-0.25, -0.2) is 4.98 Å². The van der Waals surface area contributed by atoms with Gasteiger partial charge in [0.15, 0.2) is 0 Å². The molecule has 1 saturated heterocycles. The third-order valence-corrected chi connectivity index (χ3v) is 2.97. The summed E-state index contributed by atoms with van der Waals surface area (Å²) in [6, 6.07) is 5.96. The Morgan fingerprint density at radius 3 is 3.00 bits per heavy atom. The minimum absolute atomic E-state index is 0.255. The first kappa shape index (κ1) is 13.3. The van der Waals surface area contributed by atoms with Gasteiger partial charge in [-0.05, 0) is 19.0 Å². The van der Waals surface area contributed by atoms with Crippen molar-refractivity contribution in [3.05, 3.63) is 23.9 Å². The highest BCUT2D eigenvalue weighted by atomic mass is 16.5. The Labute approximate surface area is 109 Å². The Hall–Kier alpha value is -1.13. The molecule has 0 atom stereocenters. The zero-order valence-corrected chi connectivity index (χ0v) is 11.0. The molecule has 0 radical (unpaired) electrons. The summed E-state index contributed by atoms with van der Waals surface area (Å²) in [5, 5.41) is 3.34. The summed E-state index contributed by atoms with van der Waals surface area (Å²) in [6.07, 6.45) is 3.31. The fraction of sp³-hybridized carbons (Fsp3) is 0.643. The number of pyridine rings is 1. The molecule has 1 N–H and O–H groups in total. The molecule has 2 rings (SSSR count). The van der Waals surface area contributed by atoms with Gasteiger partial charge >= 0.3 is 0 Å². The van der Waals surface area contributed by atoms with E-state index in [1.54, 1.807) is 0 Å². The van der Waals surface area contributed by atoms with Crippen molar-refractivity contribution >= 4 is 0 Å². The quantitative estimate of drug-likeness (QED) is 0.786. The first-order valence-electron chi connectivity index (χ1n) is 6.79. The third-order valence-electron chi connectivity index (χ3n) is 2.97. The lowest BCUT2D eigenvalue weighted by Crippen LogP contribution is -2.26. The summed E-state index contributed by atoms with van der Waals surface area (Å²) in [7, 11) is 0. The monoisotopic (exact) mass is 250 g/mol. The van der Waals surface area contributed by atoms with Crippen molar-refractivity contribution in [2.45, 2.75) is 38.8 Å². The Morgan fingerprint density at radius 1 is 1.39 bits per heavy atom. The van der Waals surface area contributed by atoms with Crippen LogP contribution in [-0.4, -0.2) is 30.8 Å². The Kier molecular flexibility index (Phi) is 5.42. The van der Waals surface area contributed by atoms with E-state index >= 15 is 0 Å². The summed E-state index contributed by atoms with van der Waals surface area (Å²) in [4.78, 5) is 4.51. The normalized spacial score (nSPS) is 16.7. The molecule has 0 saturated carbocycles. The summed E-state index contributed by atoms with van der Waals surface area (Å²) in [5.74, 6) is 0.734. The van der Waals surface area contributed by atoms with Crippen LogP contribution in [-0.2, 0) is 11.3 Å². The highest BCUT2D eigenvalue weighted by Gasteiger charge is 2.15. The van der Waals surface area contributed by atoms with Crippen LogP contribution >= 0.6 is 0 Å². The van der Waals surface area contributed by atoms with Crippen LogP contribution in [0.2, 0.25) is 0 Å². The number of hydrogen-bond donors (Lipinski definition) is 1. The van der Waals surface area contributed by atoms with Crippen LogP contribution in [0.1, 0.15) is 31.9 Å². The van der Waals surface area contributed by atoms with Crippen molar-refractivity contribution in [2.24, 2.45) is 0 Å². The standard InChI is InChI=1S/C14H22N2O2/c1-2-8-15-11-12-4-3-5-14(16-12)18-13-6-9-17-10-7-13/h3-5,13,15H,2,6-11H2,1H3. The number of rotatable bonds is 6. The average molecular weight is 250 g/mol. The molecule has 0 bridgehead atoms. The van der Waals surface area contributed by atoms with E-state index in [9.17, 15) is 0 Å². The molecule has 0 spiro atoms. The van der Waals surface area contributed by atoms with Crippen molar-refractivity contribution in [1.82, 2.24) is 10.3 Å². The zero-order chi connectivity index (χ0) is 12.6. The first-order chi connectivity index (χ1) is 8.88. The van der Waals surface area contributed by atoms with E-state index in [4.69, 9.17) is 9.47 Å². The number of hydrogen-bond acceptors (Lipinski definition) is 4. The summed E-state index contributed by atoms with van der Waals surface area (Å²) in [5.41, 5.74) is 1.04. The van der Waals surface area contributed by atoms with Gasteiger partial charge in [0.25, 0.3) is 0 Å². The van der Waals surface area contributed by atoms with Gasteiger partial charge in [-0.3, -0.25) is 0 Å². The van der Waals surface area contributed by atoms with Gasteiger partial charge in [-0.1, -0.05) is 13.0 Å². The van der Waals surface area contributed by atoms with Crippen LogP contribution in [0.4, 0.5) is 0 Å². The van der Waals surface area contributed by atoms with Crippen LogP contribution in [0.15, 0.2) is 18.2 Å².